The van der Waals surface area contributed by atoms with E-state index in [9.17, 15) is 32.5 Å². The first kappa shape index (κ1) is 21.5. The second-order valence-corrected chi connectivity index (χ2v) is 6.63. The normalized spacial score (nSPS) is 11.7. The largest absolute Gasteiger partial charge is 0.419 e. The molecule has 0 spiro atoms. The van der Waals surface area contributed by atoms with E-state index in [1.807, 2.05) is 5.32 Å². The molecule has 0 aliphatic heterocycles. The Balaban J connectivity index is 2.69. The summed E-state index contributed by atoms with van der Waals surface area (Å²) >= 11 is 22.0. The summed E-state index contributed by atoms with van der Waals surface area (Å²) in [6.45, 7) is 0. The Bertz CT molecular complexity index is 932. The lowest BCUT2D eigenvalue weighted by Gasteiger charge is -2.13. The smallest absolute Gasteiger partial charge is 0.301 e. The van der Waals surface area contributed by atoms with Crippen LogP contribution in [0.15, 0.2) is 6.07 Å². The van der Waals surface area contributed by atoms with Gasteiger partial charge in [-0.25, -0.2) is 4.39 Å². The van der Waals surface area contributed by atoms with E-state index in [4.69, 9.17) is 46.4 Å². The van der Waals surface area contributed by atoms with Gasteiger partial charge in [0.25, 0.3) is 5.91 Å². The van der Waals surface area contributed by atoms with Crippen molar-refractivity contribution in [2.75, 3.05) is 5.32 Å². The molecule has 0 atom stereocenters. The number of nitrogens with zero attached hydrogens (tertiary/aromatic N) is 2. The maximum absolute atomic E-state index is 14.1. The third-order valence-corrected chi connectivity index (χ3v) is 4.13. The van der Waals surface area contributed by atoms with E-state index in [-0.39, 0.29) is 6.07 Å². The van der Waals surface area contributed by atoms with Gasteiger partial charge in [0, 0.05) is 5.56 Å². The first-order chi connectivity index (χ1) is 12.4. The second kappa shape index (κ2) is 7.66. The molecule has 1 aromatic carbocycles. The van der Waals surface area contributed by atoms with Crippen molar-refractivity contribution in [2.24, 2.45) is 0 Å². The number of amides is 1. The van der Waals surface area contributed by atoms with Crippen LogP contribution in [-0.2, 0) is 11.0 Å². The minimum atomic E-state index is -5.11. The molecule has 0 fully saturated rings. The molecular formula is C12H4Cl4F4N4O3. The molecule has 0 radical (unpaired) electrons. The van der Waals surface area contributed by atoms with Crippen LogP contribution in [-0.4, -0.2) is 25.9 Å². The van der Waals surface area contributed by atoms with Crippen molar-refractivity contribution >= 4 is 63.8 Å². The number of rotatable bonds is 4. The van der Waals surface area contributed by atoms with Gasteiger partial charge in [0.15, 0.2) is 10.7 Å². The monoisotopic (exact) mass is 468 g/mol. The Hall–Kier alpha value is -1.82. The summed E-state index contributed by atoms with van der Waals surface area (Å²) in [4.78, 5) is 20.2. The molecule has 27 heavy (non-hydrogen) atoms. The highest BCUT2D eigenvalue weighted by Crippen LogP contribution is 2.46. The molecule has 2 rings (SSSR count). The molecule has 146 valence electrons. The van der Waals surface area contributed by atoms with Crippen molar-refractivity contribution in [1.82, 2.24) is 10.2 Å². The van der Waals surface area contributed by atoms with E-state index in [2.05, 4.69) is 10.2 Å². The van der Waals surface area contributed by atoms with E-state index in [0.717, 1.165) is 0 Å². The fourth-order valence-electron chi connectivity index (χ4n) is 1.98. The Labute approximate surface area is 166 Å². The van der Waals surface area contributed by atoms with Crippen molar-refractivity contribution in [1.29, 1.82) is 0 Å². The van der Waals surface area contributed by atoms with Gasteiger partial charge in [-0.3, -0.25) is 20.0 Å². The molecule has 0 bridgehead atoms. The van der Waals surface area contributed by atoms with E-state index < -0.39 is 66.0 Å². The Morgan fingerprint density at radius 1 is 1.33 bits per heavy atom. The lowest BCUT2D eigenvalue weighted by Crippen LogP contribution is -2.19. The number of hydrogen-bond donors (Lipinski definition) is 2. The molecule has 1 amide bonds. The number of alkyl halides is 5. The topological polar surface area (TPSA) is 101 Å². The third kappa shape index (κ3) is 4.21. The summed E-state index contributed by atoms with van der Waals surface area (Å²) in [5.41, 5.74) is -4.00. The summed E-state index contributed by atoms with van der Waals surface area (Å²) in [7, 11) is 0. The number of H-pyrrole nitrogens is 1. The van der Waals surface area contributed by atoms with Gasteiger partial charge in [-0.05, 0) is 6.07 Å². The fraction of sp³-hybridized carbons (Fsp3) is 0.167. The molecule has 2 N–H and O–H groups in total. The van der Waals surface area contributed by atoms with Crippen LogP contribution < -0.4 is 5.32 Å². The van der Waals surface area contributed by atoms with Crippen molar-refractivity contribution < 1.29 is 27.3 Å². The standard InChI is InChI=1S/C12H4Cl4F4N4O3/c13-3-1-2(12(18,19)20)6(17)5(14)4(3)7-8(24(26)27)10(23-22-7)21-11(25)9(15)16/h1,9H,(H2,21,22,23,25). The van der Waals surface area contributed by atoms with Gasteiger partial charge in [-0.2, -0.15) is 13.2 Å². The van der Waals surface area contributed by atoms with Gasteiger partial charge in [0.1, 0.15) is 5.69 Å². The van der Waals surface area contributed by atoms with Crippen LogP contribution in [0.5, 0.6) is 0 Å². The molecule has 1 heterocycles. The van der Waals surface area contributed by atoms with E-state index >= 15 is 0 Å². The summed E-state index contributed by atoms with van der Waals surface area (Å²) in [6, 6.07) is 0.217. The molecular weight excluding hydrogens is 466 g/mol. The number of carbonyl (C=O) groups excluding carboxylic acids is 1. The van der Waals surface area contributed by atoms with Gasteiger partial charge < -0.3 is 5.32 Å². The van der Waals surface area contributed by atoms with Gasteiger partial charge in [0.05, 0.1) is 20.5 Å². The second-order valence-electron chi connectivity index (χ2n) is 4.75. The highest BCUT2D eigenvalue weighted by molar-refractivity contribution is 6.54. The zero-order valence-corrected chi connectivity index (χ0v) is 15.3. The number of halogens is 8. The van der Waals surface area contributed by atoms with Crippen LogP contribution in [0.2, 0.25) is 10.0 Å². The number of aromatic nitrogens is 2. The van der Waals surface area contributed by atoms with Gasteiger partial charge >= 0.3 is 11.9 Å². The summed E-state index contributed by atoms with van der Waals surface area (Å²) in [6.07, 6.45) is -5.11. The Kier molecular flexibility index (Phi) is 6.10. The number of benzene rings is 1. The molecule has 2 aromatic rings. The first-order valence-electron chi connectivity index (χ1n) is 6.43. The maximum atomic E-state index is 14.1. The van der Waals surface area contributed by atoms with Gasteiger partial charge in [-0.1, -0.05) is 46.4 Å². The Morgan fingerprint density at radius 3 is 2.41 bits per heavy atom. The number of hydrogen-bond acceptors (Lipinski definition) is 4. The van der Waals surface area contributed by atoms with Crippen LogP contribution in [0, 0.1) is 15.9 Å². The highest BCUT2D eigenvalue weighted by atomic mass is 35.5. The number of carbonyl (C=O) groups is 1. The minimum Gasteiger partial charge on any atom is -0.301 e. The Morgan fingerprint density at radius 2 is 1.93 bits per heavy atom. The molecule has 0 saturated heterocycles. The average molecular weight is 470 g/mol. The molecule has 1 aromatic heterocycles. The van der Waals surface area contributed by atoms with E-state index in [1.54, 1.807) is 0 Å². The zero-order chi connectivity index (χ0) is 20.7. The fourth-order valence-corrected chi connectivity index (χ4v) is 2.73. The van der Waals surface area contributed by atoms with E-state index in [1.165, 1.54) is 0 Å². The lowest BCUT2D eigenvalue weighted by atomic mass is 10.1. The molecule has 0 saturated carbocycles. The van der Waals surface area contributed by atoms with Crippen molar-refractivity contribution in [3.05, 3.63) is 37.6 Å². The number of nitro groups is 1. The van der Waals surface area contributed by atoms with E-state index in [0.29, 0.717) is 0 Å². The van der Waals surface area contributed by atoms with Crippen molar-refractivity contribution in [2.45, 2.75) is 11.0 Å². The predicted octanol–water partition coefficient (Wildman–Crippen LogP) is 5.19. The maximum Gasteiger partial charge on any atom is 0.419 e. The predicted molar refractivity (Wildman–Crippen MR) is 89.8 cm³/mol. The van der Waals surface area contributed by atoms with Crippen molar-refractivity contribution in [3.63, 3.8) is 0 Å². The van der Waals surface area contributed by atoms with Crippen LogP contribution in [0.4, 0.5) is 29.1 Å². The summed E-state index contributed by atoms with van der Waals surface area (Å²) in [5, 5.41) is 16.9. The van der Waals surface area contributed by atoms with Gasteiger partial charge in [-0.15, -0.1) is 5.10 Å². The quantitative estimate of drug-likeness (QED) is 0.211. The van der Waals surface area contributed by atoms with Gasteiger partial charge in [0.2, 0.25) is 5.82 Å². The molecule has 15 heteroatoms. The third-order valence-electron chi connectivity index (χ3n) is 3.08. The molecule has 7 nitrogen and oxygen atoms in total. The van der Waals surface area contributed by atoms with Crippen LogP contribution >= 0.6 is 46.4 Å². The number of nitrogens with one attached hydrogen (secondary N) is 2. The molecule has 0 aliphatic carbocycles. The lowest BCUT2D eigenvalue weighted by molar-refractivity contribution is -0.383. The average Bonchev–Trinajstić information content (AvgIpc) is 2.93. The first-order valence-corrected chi connectivity index (χ1v) is 8.06. The summed E-state index contributed by atoms with van der Waals surface area (Å²) in [5.74, 6) is -3.64. The molecule has 0 unspecified atom stereocenters. The van der Waals surface area contributed by atoms with Crippen LogP contribution in [0.1, 0.15) is 5.56 Å². The zero-order valence-electron chi connectivity index (χ0n) is 12.3. The number of anilines is 1. The van der Waals surface area contributed by atoms with Crippen LogP contribution in [0.3, 0.4) is 0 Å². The van der Waals surface area contributed by atoms with Crippen molar-refractivity contribution in [3.8, 4) is 11.3 Å². The summed E-state index contributed by atoms with van der Waals surface area (Å²) < 4.78 is 52.5. The number of aromatic amines is 1. The highest BCUT2D eigenvalue weighted by Gasteiger charge is 2.38. The minimum absolute atomic E-state index is 0.217. The molecule has 0 aliphatic rings. The SMILES string of the molecule is O=C(Nc1n[nH]c(-c2c(Cl)cc(C(F)(F)F)c(F)c2Cl)c1[N+](=O)[O-])C(Cl)Cl. The van der Waals surface area contributed by atoms with Crippen LogP contribution in [0.25, 0.3) is 11.3 Å².